The van der Waals surface area contributed by atoms with Gasteiger partial charge in [-0.05, 0) is 0 Å². The normalized spacial score (nSPS) is 10.4. The molecule has 0 bridgehead atoms. The minimum Gasteiger partial charge on any atom is -0.798 e. The van der Waals surface area contributed by atoms with Crippen LogP contribution in [0.5, 0.6) is 0 Å². The summed E-state index contributed by atoms with van der Waals surface area (Å²) in [5.41, 5.74) is 9.52. The predicted octanol–water partition coefficient (Wildman–Crippen LogP) is -4.54. The first kappa shape index (κ1) is 11.9. The van der Waals surface area contributed by atoms with Gasteiger partial charge in [0.25, 0.3) is 0 Å². The van der Waals surface area contributed by atoms with Crippen LogP contribution in [0.2, 0.25) is 0 Å². The van der Waals surface area contributed by atoms with Crippen molar-refractivity contribution in [1.82, 2.24) is 0 Å². The quantitative estimate of drug-likeness (QED) is 0.303. The van der Waals surface area contributed by atoms with Gasteiger partial charge in [-0.15, -0.1) is 0 Å². The molecule has 8 heavy (non-hydrogen) atoms. The van der Waals surface area contributed by atoms with Crippen LogP contribution in [0.4, 0.5) is 0 Å². The summed E-state index contributed by atoms with van der Waals surface area (Å²) in [7, 11) is -3.35. The zero-order valence-electron chi connectivity index (χ0n) is 4.83. The smallest absolute Gasteiger partial charge is 0.798 e. The monoisotopic (exact) mass is 146 g/mol. The Balaban J connectivity index is 0. The molecule has 0 unspecified atom stereocenters. The molecule has 0 heterocycles. The molecule has 0 saturated carbocycles. The Kier molecular flexibility index (Phi) is 7.32. The van der Waals surface area contributed by atoms with E-state index in [1.54, 1.807) is 0 Å². The van der Waals surface area contributed by atoms with Gasteiger partial charge in [0.2, 0.25) is 0 Å². The minimum absolute atomic E-state index is 0. The number of hydrogen-bond acceptors (Lipinski definition) is 4. The summed E-state index contributed by atoms with van der Waals surface area (Å²) >= 11 is 0. The van der Waals surface area contributed by atoms with E-state index in [-0.39, 0.29) is 42.1 Å². The maximum Gasteiger partial charge on any atom is 1.00 e. The number of nitrogens with two attached hydrogens (primary N) is 2. The van der Waals surface area contributed by atoms with Gasteiger partial charge in [0, 0.05) is 19.9 Å². The third-order valence-electron chi connectivity index (χ3n) is 0.556. The van der Waals surface area contributed by atoms with Crippen molar-refractivity contribution in [1.29, 1.82) is 0 Å². The maximum atomic E-state index is 10.1. The molecule has 0 aliphatic carbocycles. The molecule has 0 aliphatic heterocycles. The average Bonchev–Trinajstić information content (AvgIpc) is 1.68. The molecule has 0 rings (SSSR count). The van der Waals surface area contributed by atoms with Crippen molar-refractivity contribution in [2.24, 2.45) is 11.5 Å². The Bertz CT molecular complexity index is 90.0. The van der Waals surface area contributed by atoms with Gasteiger partial charge in [0.15, 0.2) is 0 Å². The van der Waals surface area contributed by atoms with Crippen LogP contribution in [0.25, 0.3) is 0 Å². The minimum atomic E-state index is -3.35. The van der Waals surface area contributed by atoms with Crippen LogP contribution < -0.4 is 45.9 Å². The van der Waals surface area contributed by atoms with E-state index in [1.165, 1.54) is 0 Å². The molecule has 0 aromatic heterocycles. The molecule has 0 amide bonds. The number of hydrogen-bond donors (Lipinski definition) is 2. The second-order valence-electron chi connectivity index (χ2n) is 1.18. The molecule has 0 radical (unpaired) electrons. The van der Waals surface area contributed by atoms with E-state index in [1.807, 2.05) is 0 Å². The predicted molar refractivity (Wildman–Crippen MR) is 25.7 cm³/mol. The van der Waals surface area contributed by atoms with Gasteiger partial charge in [-0.25, -0.2) is 0 Å². The van der Waals surface area contributed by atoms with E-state index in [0.29, 0.717) is 0 Å². The third-order valence-corrected chi connectivity index (χ3v) is 1.67. The van der Waals surface area contributed by atoms with Crippen LogP contribution in [-0.4, -0.2) is 12.6 Å². The van der Waals surface area contributed by atoms with Gasteiger partial charge in [-0.3, -0.25) is 0 Å². The van der Waals surface area contributed by atoms with E-state index >= 15 is 0 Å². The second-order valence-corrected chi connectivity index (χ2v) is 3.54. The molecule has 44 valence electrons. The maximum absolute atomic E-state index is 10.1. The number of rotatable bonds is 2. The summed E-state index contributed by atoms with van der Waals surface area (Å²) in [6.45, 7) is 0. The fourth-order valence-electron chi connectivity index (χ4n) is 0.0745. The molecule has 0 fully saturated rings. The van der Waals surface area contributed by atoms with E-state index in [9.17, 15) is 9.46 Å². The van der Waals surface area contributed by atoms with Crippen molar-refractivity contribution in [2.45, 2.75) is 0 Å². The van der Waals surface area contributed by atoms with Crippen molar-refractivity contribution in [3.63, 3.8) is 0 Å². The standard InChI is InChI=1S/C2H9N2O2P.Na/c3-1-7(5,6)2-4;/h1-4H2,(H,5,6);/q;+1/p-1. The van der Waals surface area contributed by atoms with Gasteiger partial charge in [0.05, 0.1) is 0 Å². The molecule has 0 saturated heterocycles. The zero-order valence-corrected chi connectivity index (χ0v) is 7.73. The van der Waals surface area contributed by atoms with Crippen molar-refractivity contribution >= 4 is 7.37 Å². The van der Waals surface area contributed by atoms with Crippen LogP contribution in [0, 0.1) is 0 Å². The Labute approximate surface area is 70.4 Å². The Morgan fingerprint density at radius 1 is 1.38 bits per heavy atom. The van der Waals surface area contributed by atoms with Gasteiger partial charge in [-0.2, -0.15) is 0 Å². The largest absolute Gasteiger partial charge is 1.00 e. The van der Waals surface area contributed by atoms with Crippen molar-refractivity contribution < 1.29 is 39.0 Å². The summed E-state index contributed by atoms with van der Waals surface area (Å²) in [6.07, 6.45) is -0.660. The molecule has 6 heteroatoms. The van der Waals surface area contributed by atoms with Crippen LogP contribution >= 0.6 is 7.37 Å². The van der Waals surface area contributed by atoms with E-state index in [0.717, 1.165) is 0 Å². The summed E-state index contributed by atoms with van der Waals surface area (Å²) in [5, 5.41) is 0. The van der Waals surface area contributed by atoms with Crippen molar-refractivity contribution in [2.75, 3.05) is 12.6 Å². The Morgan fingerprint density at radius 2 is 1.62 bits per heavy atom. The summed E-state index contributed by atoms with van der Waals surface area (Å²) < 4.78 is 10.1. The summed E-state index contributed by atoms with van der Waals surface area (Å²) in [6, 6.07) is 0. The molecule has 0 aromatic rings. The topological polar surface area (TPSA) is 92.2 Å². The second kappa shape index (κ2) is 4.94. The molecular formula is C2H8N2NaO2P. The first-order valence-electron chi connectivity index (χ1n) is 1.81. The van der Waals surface area contributed by atoms with Crippen LogP contribution in [0.3, 0.4) is 0 Å². The fraction of sp³-hybridized carbons (Fsp3) is 1.00. The van der Waals surface area contributed by atoms with E-state index in [2.05, 4.69) is 0 Å². The molecule has 4 nitrogen and oxygen atoms in total. The molecule has 0 spiro atoms. The van der Waals surface area contributed by atoms with Crippen molar-refractivity contribution in [3.8, 4) is 0 Å². The van der Waals surface area contributed by atoms with Gasteiger partial charge >= 0.3 is 29.6 Å². The van der Waals surface area contributed by atoms with Gasteiger partial charge in [-0.1, -0.05) is 0 Å². The van der Waals surface area contributed by atoms with E-state index in [4.69, 9.17) is 11.5 Å². The van der Waals surface area contributed by atoms with E-state index < -0.39 is 7.37 Å². The first-order chi connectivity index (χ1) is 3.12. The SMILES string of the molecule is NCP(=O)([O-])CN.[Na+]. The Morgan fingerprint density at radius 3 is 1.62 bits per heavy atom. The molecule has 0 aliphatic rings. The zero-order chi connectivity index (χ0) is 5.91. The molecule has 0 aromatic carbocycles. The Hall–Kier alpha value is 1.11. The third kappa shape index (κ3) is 5.25. The van der Waals surface area contributed by atoms with Crippen LogP contribution in [0.1, 0.15) is 0 Å². The van der Waals surface area contributed by atoms with Crippen LogP contribution in [-0.2, 0) is 4.57 Å². The molecule has 0 atom stereocenters. The van der Waals surface area contributed by atoms with Gasteiger partial charge < -0.3 is 20.9 Å². The summed E-state index contributed by atoms with van der Waals surface area (Å²) in [4.78, 5) is 10.1. The molecular weight excluding hydrogens is 138 g/mol. The van der Waals surface area contributed by atoms with Gasteiger partial charge in [0.1, 0.15) is 0 Å². The first-order valence-corrected chi connectivity index (χ1v) is 3.81. The molecule has 4 N–H and O–H groups in total. The average molecular weight is 146 g/mol. The summed E-state index contributed by atoms with van der Waals surface area (Å²) in [5.74, 6) is 0. The van der Waals surface area contributed by atoms with Crippen molar-refractivity contribution in [3.05, 3.63) is 0 Å². The fourth-order valence-corrected chi connectivity index (χ4v) is 0.224. The van der Waals surface area contributed by atoms with Crippen LogP contribution in [0.15, 0.2) is 0 Å².